The number of ether oxygens (including phenoxy) is 2. The van der Waals surface area contributed by atoms with Crippen LogP contribution in [0.2, 0.25) is 0 Å². The molecule has 0 saturated heterocycles. The molecule has 3 nitrogen and oxygen atoms in total. The van der Waals surface area contributed by atoms with Crippen LogP contribution < -0.4 is 14.8 Å². The summed E-state index contributed by atoms with van der Waals surface area (Å²) in [6.45, 7) is 7.87. The summed E-state index contributed by atoms with van der Waals surface area (Å²) in [5.74, 6) is 0.252. The Balaban J connectivity index is 1.92. The summed E-state index contributed by atoms with van der Waals surface area (Å²) < 4.78 is 66.1. The number of alkyl halides is 3. The molecule has 0 amide bonds. The molecule has 7 heteroatoms. The molecule has 3 aromatic rings. The number of allylic oxidation sites excluding steroid dienone is 1. The summed E-state index contributed by atoms with van der Waals surface area (Å²) in [4.78, 5) is 0. The van der Waals surface area contributed by atoms with Crippen LogP contribution in [-0.2, 0) is 12.8 Å². The number of fused-ring (bicyclic) bond motifs is 1. The molecule has 0 fully saturated rings. The molecular formula is C28H27F4NO2. The van der Waals surface area contributed by atoms with Crippen LogP contribution in [-0.4, -0.2) is 12.6 Å². The number of hydrogen-bond donors (Lipinski definition) is 1. The predicted molar refractivity (Wildman–Crippen MR) is 130 cm³/mol. The Hall–Kier alpha value is -3.48. The Bertz CT molecular complexity index is 1310. The summed E-state index contributed by atoms with van der Waals surface area (Å²) >= 11 is 0. The highest BCUT2D eigenvalue weighted by atomic mass is 19.4. The quantitative estimate of drug-likeness (QED) is 0.371. The summed E-state index contributed by atoms with van der Waals surface area (Å²) in [7, 11) is 1.42. The molecule has 0 aromatic heterocycles. The van der Waals surface area contributed by atoms with Gasteiger partial charge in [-0.2, -0.15) is 13.2 Å². The smallest absolute Gasteiger partial charge is 0.416 e. The molecule has 0 bridgehead atoms. The summed E-state index contributed by atoms with van der Waals surface area (Å²) in [6, 6.07) is 11.3. The minimum atomic E-state index is -4.51. The van der Waals surface area contributed by atoms with Gasteiger partial charge in [-0.15, -0.1) is 0 Å². The monoisotopic (exact) mass is 485 g/mol. The van der Waals surface area contributed by atoms with Crippen molar-refractivity contribution in [2.45, 2.75) is 46.0 Å². The van der Waals surface area contributed by atoms with Crippen LogP contribution in [0.1, 0.15) is 43.0 Å². The van der Waals surface area contributed by atoms with Gasteiger partial charge in [0.2, 0.25) is 0 Å². The molecule has 1 aliphatic heterocycles. The first-order chi connectivity index (χ1) is 16.4. The van der Waals surface area contributed by atoms with Crippen molar-refractivity contribution in [1.29, 1.82) is 0 Å². The van der Waals surface area contributed by atoms with E-state index in [9.17, 15) is 17.6 Å². The van der Waals surface area contributed by atoms with E-state index < -0.39 is 17.6 Å². The van der Waals surface area contributed by atoms with Crippen LogP contribution in [0.5, 0.6) is 11.5 Å². The van der Waals surface area contributed by atoms with Crippen LogP contribution in [0.3, 0.4) is 0 Å². The van der Waals surface area contributed by atoms with Gasteiger partial charge in [-0.25, -0.2) is 4.39 Å². The van der Waals surface area contributed by atoms with Crippen molar-refractivity contribution < 1.29 is 27.0 Å². The van der Waals surface area contributed by atoms with Crippen molar-refractivity contribution in [3.8, 4) is 22.6 Å². The van der Waals surface area contributed by atoms with Gasteiger partial charge in [-0.05, 0) is 74.7 Å². The number of benzene rings is 3. The Morgan fingerprint density at radius 3 is 2.34 bits per heavy atom. The van der Waals surface area contributed by atoms with E-state index in [0.717, 1.165) is 34.5 Å². The lowest BCUT2D eigenvalue weighted by Gasteiger charge is -2.33. The highest BCUT2D eigenvalue weighted by molar-refractivity contribution is 5.88. The highest BCUT2D eigenvalue weighted by Gasteiger charge is 2.32. The molecule has 0 atom stereocenters. The van der Waals surface area contributed by atoms with Gasteiger partial charge >= 0.3 is 6.18 Å². The predicted octanol–water partition coefficient (Wildman–Crippen LogP) is 8.01. The van der Waals surface area contributed by atoms with Gasteiger partial charge in [-0.3, -0.25) is 0 Å². The van der Waals surface area contributed by atoms with E-state index >= 15 is 0 Å². The maximum atomic E-state index is 13.9. The van der Waals surface area contributed by atoms with Gasteiger partial charge in [0.15, 0.2) is 0 Å². The molecule has 1 N–H and O–H groups in total. The number of anilines is 1. The lowest BCUT2D eigenvalue weighted by Crippen LogP contribution is -2.32. The van der Waals surface area contributed by atoms with E-state index in [1.165, 1.54) is 25.3 Å². The average Bonchev–Trinajstić information content (AvgIpc) is 2.77. The first-order valence-electron chi connectivity index (χ1n) is 11.2. The van der Waals surface area contributed by atoms with E-state index in [1.54, 1.807) is 19.1 Å². The zero-order valence-electron chi connectivity index (χ0n) is 20.2. The fourth-order valence-electron chi connectivity index (χ4n) is 4.58. The summed E-state index contributed by atoms with van der Waals surface area (Å²) in [6.07, 6.45) is -2.44. The van der Waals surface area contributed by atoms with Gasteiger partial charge in [-0.1, -0.05) is 18.2 Å². The fraction of sp³-hybridized carbons (Fsp3) is 0.286. The Morgan fingerprint density at radius 2 is 1.66 bits per heavy atom. The maximum absolute atomic E-state index is 13.9. The third-order valence-corrected chi connectivity index (χ3v) is 6.08. The lowest BCUT2D eigenvalue weighted by molar-refractivity contribution is -0.137. The molecule has 3 aromatic carbocycles. The first kappa shape index (κ1) is 24.6. The SMILES string of the molecule is COc1ccc(C(F)(F)F)cc1-c1ccc2c(c1COc1cc(F)ccc1C)C(C)=CC(C)(C)N2. The molecule has 1 heterocycles. The minimum Gasteiger partial charge on any atom is -0.496 e. The number of nitrogens with one attached hydrogen (secondary N) is 1. The Kier molecular flexibility index (Phi) is 6.30. The van der Waals surface area contributed by atoms with Gasteiger partial charge < -0.3 is 14.8 Å². The van der Waals surface area contributed by atoms with Crippen molar-refractivity contribution in [2.75, 3.05) is 12.4 Å². The van der Waals surface area contributed by atoms with Gasteiger partial charge in [0.25, 0.3) is 0 Å². The molecule has 4 rings (SSSR count). The zero-order valence-corrected chi connectivity index (χ0v) is 20.2. The van der Waals surface area contributed by atoms with E-state index in [4.69, 9.17) is 9.47 Å². The Labute approximate surface area is 202 Å². The summed E-state index contributed by atoms with van der Waals surface area (Å²) in [5.41, 5.74) is 3.86. The van der Waals surface area contributed by atoms with Crippen LogP contribution in [0.15, 0.2) is 54.6 Å². The molecule has 0 spiro atoms. The van der Waals surface area contributed by atoms with Crippen LogP contribution in [0, 0.1) is 12.7 Å². The molecule has 0 radical (unpaired) electrons. The molecular weight excluding hydrogens is 458 g/mol. The fourth-order valence-corrected chi connectivity index (χ4v) is 4.58. The molecule has 0 aliphatic carbocycles. The number of halogens is 4. The van der Waals surface area contributed by atoms with Crippen molar-refractivity contribution in [3.63, 3.8) is 0 Å². The van der Waals surface area contributed by atoms with Crippen molar-refractivity contribution >= 4 is 11.3 Å². The number of methoxy groups -OCH3 is 1. The number of aryl methyl sites for hydroxylation is 1. The zero-order chi connectivity index (χ0) is 25.5. The molecule has 0 unspecified atom stereocenters. The molecule has 35 heavy (non-hydrogen) atoms. The Morgan fingerprint density at radius 1 is 0.914 bits per heavy atom. The van der Waals surface area contributed by atoms with Gasteiger partial charge in [0, 0.05) is 28.4 Å². The van der Waals surface area contributed by atoms with Gasteiger partial charge in [0.05, 0.1) is 18.2 Å². The molecule has 184 valence electrons. The first-order valence-corrected chi connectivity index (χ1v) is 11.2. The van der Waals surface area contributed by atoms with E-state index in [2.05, 4.69) is 11.4 Å². The van der Waals surface area contributed by atoms with E-state index in [0.29, 0.717) is 28.2 Å². The summed E-state index contributed by atoms with van der Waals surface area (Å²) in [5, 5.41) is 3.47. The van der Waals surface area contributed by atoms with Crippen LogP contribution in [0.4, 0.5) is 23.2 Å². The van der Waals surface area contributed by atoms with Crippen molar-refractivity contribution in [1.82, 2.24) is 0 Å². The van der Waals surface area contributed by atoms with Crippen LogP contribution >= 0.6 is 0 Å². The molecule has 0 saturated carbocycles. The third kappa shape index (κ3) is 4.99. The number of hydrogen-bond acceptors (Lipinski definition) is 3. The van der Waals surface area contributed by atoms with E-state index in [-0.39, 0.29) is 12.1 Å². The van der Waals surface area contributed by atoms with Crippen molar-refractivity contribution in [3.05, 3.63) is 82.7 Å². The maximum Gasteiger partial charge on any atom is 0.416 e. The second-order valence-corrected chi connectivity index (χ2v) is 9.30. The second-order valence-electron chi connectivity index (χ2n) is 9.30. The number of rotatable bonds is 5. The second kappa shape index (κ2) is 8.95. The standard InChI is InChI=1S/C28H27F4NO2/c1-16-6-8-19(29)13-25(16)35-15-22-20(9-10-23-26(22)17(2)14-27(3,4)33-23)21-12-18(28(30,31)32)7-11-24(21)34-5/h6-14,33H,15H2,1-5H3. The topological polar surface area (TPSA) is 30.5 Å². The lowest BCUT2D eigenvalue weighted by atomic mass is 9.85. The van der Waals surface area contributed by atoms with Crippen LogP contribution in [0.25, 0.3) is 16.7 Å². The van der Waals surface area contributed by atoms with Gasteiger partial charge in [0.1, 0.15) is 23.9 Å². The van der Waals surface area contributed by atoms with Crippen molar-refractivity contribution in [2.24, 2.45) is 0 Å². The minimum absolute atomic E-state index is 0.0233. The largest absolute Gasteiger partial charge is 0.496 e. The van der Waals surface area contributed by atoms with E-state index in [1.807, 2.05) is 26.8 Å². The normalized spacial score (nSPS) is 14.6. The highest BCUT2D eigenvalue weighted by Crippen LogP contribution is 2.44. The third-order valence-electron chi connectivity index (χ3n) is 6.08. The average molecular weight is 486 g/mol. The molecule has 1 aliphatic rings.